The van der Waals surface area contributed by atoms with Crippen molar-refractivity contribution in [1.82, 2.24) is 10.2 Å². The molecule has 218 valence electrons. The summed E-state index contributed by atoms with van der Waals surface area (Å²) in [7, 11) is -4.10. The zero-order valence-electron chi connectivity index (χ0n) is 24.7. The van der Waals surface area contributed by atoms with Crippen LogP contribution in [0.25, 0.3) is 0 Å². The number of hydrogen-bond donors (Lipinski definition) is 1. The van der Waals surface area contributed by atoms with Crippen LogP contribution in [-0.4, -0.2) is 43.8 Å². The first kappa shape index (κ1) is 30.3. The summed E-state index contributed by atoms with van der Waals surface area (Å²) in [5, 5.41) is 3.11. The molecule has 0 spiro atoms. The summed E-state index contributed by atoms with van der Waals surface area (Å²) < 4.78 is 29.3. The lowest BCUT2D eigenvalue weighted by Crippen LogP contribution is -2.52. The van der Waals surface area contributed by atoms with Crippen LogP contribution < -0.4 is 9.62 Å². The standard InChI is InChI=1S/C33H41N3O4S/c1-23-14-17-30(18-15-23)41(39,40)36(31-20-25(3)13-16-26(31)4)22-32(37)35(21-28-10-8-9-24(2)19-28)27(5)33(38)34-29-11-6-7-12-29/h8-10,13-20,27,29H,6-7,11-12,21-22H2,1-5H3,(H,34,38)/t27-/m0/s1. The molecule has 41 heavy (non-hydrogen) atoms. The smallest absolute Gasteiger partial charge is 0.264 e. The molecule has 0 bridgehead atoms. The molecule has 0 saturated heterocycles. The molecule has 0 radical (unpaired) electrons. The van der Waals surface area contributed by atoms with Crippen LogP contribution in [0.2, 0.25) is 0 Å². The number of nitrogens with zero attached hydrogens (tertiary/aromatic N) is 2. The number of sulfonamides is 1. The van der Waals surface area contributed by atoms with Gasteiger partial charge in [0.05, 0.1) is 10.6 Å². The Bertz CT molecular complexity index is 1500. The van der Waals surface area contributed by atoms with Crippen molar-refractivity contribution in [2.45, 2.75) is 83.8 Å². The SMILES string of the molecule is Cc1ccc(S(=O)(=O)N(CC(=O)N(Cc2cccc(C)c2)[C@@H](C)C(=O)NC2CCCC2)c2cc(C)ccc2C)cc1. The lowest BCUT2D eigenvalue weighted by molar-refractivity contribution is -0.139. The van der Waals surface area contributed by atoms with Crippen molar-refractivity contribution < 1.29 is 18.0 Å². The van der Waals surface area contributed by atoms with Gasteiger partial charge in [-0.1, -0.05) is 72.5 Å². The highest BCUT2D eigenvalue weighted by Gasteiger charge is 2.34. The minimum Gasteiger partial charge on any atom is -0.352 e. The third kappa shape index (κ3) is 7.36. The Morgan fingerprint density at radius 2 is 1.51 bits per heavy atom. The predicted octanol–water partition coefficient (Wildman–Crippen LogP) is 5.59. The molecule has 0 unspecified atom stereocenters. The maximum absolute atomic E-state index is 14.2. The quantitative estimate of drug-likeness (QED) is 0.341. The van der Waals surface area contributed by atoms with Crippen molar-refractivity contribution in [2.75, 3.05) is 10.8 Å². The molecule has 1 aliphatic rings. The molecule has 0 aromatic heterocycles. The van der Waals surface area contributed by atoms with Gasteiger partial charge in [0.15, 0.2) is 0 Å². The first-order chi connectivity index (χ1) is 19.5. The molecule has 1 atom stereocenters. The predicted molar refractivity (Wildman–Crippen MR) is 163 cm³/mol. The zero-order valence-corrected chi connectivity index (χ0v) is 25.5. The number of nitrogens with one attached hydrogen (secondary N) is 1. The monoisotopic (exact) mass is 575 g/mol. The van der Waals surface area contributed by atoms with Gasteiger partial charge in [-0.15, -0.1) is 0 Å². The van der Waals surface area contributed by atoms with E-state index >= 15 is 0 Å². The summed E-state index contributed by atoms with van der Waals surface area (Å²) in [6.45, 7) is 9.05. The van der Waals surface area contributed by atoms with Crippen molar-refractivity contribution >= 4 is 27.5 Å². The highest BCUT2D eigenvalue weighted by molar-refractivity contribution is 7.92. The van der Waals surface area contributed by atoms with Gasteiger partial charge in [-0.3, -0.25) is 13.9 Å². The van der Waals surface area contributed by atoms with Crippen LogP contribution in [0, 0.1) is 27.7 Å². The van der Waals surface area contributed by atoms with Crippen LogP contribution >= 0.6 is 0 Å². The Kier molecular flexibility index (Phi) is 9.53. The summed E-state index contributed by atoms with van der Waals surface area (Å²) in [6.07, 6.45) is 4.01. The van der Waals surface area contributed by atoms with E-state index in [0.717, 1.165) is 53.5 Å². The van der Waals surface area contributed by atoms with Gasteiger partial charge in [0.2, 0.25) is 11.8 Å². The van der Waals surface area contributed by atoms with Gasteiger partial charge < -0.3 is 10.2 Å². The largest absolute Gasteiger partial charge is 0.352 e. The molecule has 1 N–H and O–H groups in total. The number of amides is 2. The molecule has 4 rings (SSSR count). The topological polar surface area (TPSA) is 86.8 Å². The van der Waals surface area contributed by atoms with E-state index in [1.165, 1.54) is 9.21 Å². The molecule has 2 amide bonds. The average Bonchev–Trinajstić information content (AvgIpc) is 3.44. The van der Waals surface area contributed by atoms with Crippen LogP contribution in [0.15, 0.2) is 71.6 Å². The van der Waals surface area contributed by atoms with Crippen LogP contribution in [0.1, 0.15) is 60.4 Å². The summed E-state index contributed by atoms with van der Waals surface area (Å²) >= 11 is 0. The van der Waals surface area contributed by atoms with Gasteiger partial charge in [0.1, 0.15) is 12.6 Å². The first-order valence-corrected chi connectivity index (χ1v) is 15.7. The second kappa shape index (κ2) is 12.9. The molecular weight excluding hydrogens is 534 g/mol. The maximum Gasteiger partial charge on any atom is 0.264 e. The van der Waals surface area contributed by atoms with E-state index in [1.807, 2.05) is 64.1 Å². The van der Waals surface area contributed by atoms with Crippen molar-refractivity contribution in [1.29, 1.82) is 0 Å². The number of benzene rings is 3. The van der Waals surface area contributed by atoms with E-state index in [2.05, 4.69) is 5.32 Å². The van der Waals surface area contributed by atoms with Gasteiger partial charge in [-0.05, 0) is 82.3 Å². The van der Waals surface area contributed by atoms with Gasteiger partial charge in [0, 0.05) is 12.6 Å². The highest BCUT2D eigenvalue weighted by Crippen LogP contribution is 2.29. The van der Waals surface area contributed by atoms with Crippen molar-refractivity contribution in [3.8, 4) is 0 Å². The van der Waals surface area contributed by atoms with E-state index < -0.39 is 28.5 Å². The minimum absolute atomic E-state index is 0.106. The Labute approximate surface area is 244 Å². The van der Waals surface area contributed by atoms with E-state index in [4.69, 9.17) is 0 Å². The average molecular weight is 576 g/mol. The summed E-state index contributed by atoms with van der Waals surface area (Å²) in [5.41, 5.74) is 4.90. The minimum atomic E-state index is -4.10. The summed E-state index contributed by atoms with van der Waals surface area (Å²) in [6, 6.07) is 19.3. The Morgan fingerprint density at radius 1 is 0.878 bits per heavy atom. The molecule has 1 fully saturated rings. The number of aryl methyl sites for hydroxylation is 4. The van der Waals surface area contributed by atoms with E-state index in [0.29, 0.717) is 5.69 Å². The fourth-order valence-corrected chi connectivity index (χ4v) is 6.79. The second-order valence-corrected chi connectivity index (χ2v) is 13.2. The fraction of sp³-hybridized carbons (Fsp3) is 0.394. The molecule has 7 nitrogen and oxygen atoms in total. The molecule has 1 saturated carbocycles. The van der Waals surface area contributed by atoms with Crippen molar-refractivity contribution in [3.05, 3.63) is 94.5 Å². The Hall–Kier alpha value is -3.65. The van der Waals surface area contributed by atoms with E-state index in [9.17, 15) is 18.0 Å². The number of carbonyl (C=O) groups excluding carboxylic acids is 2. The number of carbonyl (C=O) groups is 2. The van der Waals surface area contributed by atoms with Gasteiger partial charge >= 0.3 is 0 Å². The maximum atomic E-state index is 14.2. The Balaban J connectivity index is 1.72. The molecule has 3 aromatic carbocycles. The van der Waals surface area contributed by atoms with Gasteiger partial charge in [0.25, 0.3) is 10.0 Å². The van der Waals surface area contributed by atoms with Crippen LogP contribution in [0.4, 0.5) is 5.69 Å². The summed E-state index contributed by atoms with van der Waals surface area (Å²) in [4.78, 5) is 29.1. The van der Waals surface area contributed by atoms with E-state index in [1.54, 1.807) is 37.3 Å². The number of anilines is 1. The lowest BCUT2D eigenvalue weighted by Gasteiger charge is -2.33. The van der Waals surface area contributed by atoms with Gasteiger partial charge in [-0.2, -0.15) is 0 Å². The summed E-state index contributed by atoms with van der Waals surface area (Å²) in [5.74, 6) is -0.672. The van der Waals surface area contributed by atoms with Gasteiger partial charge in [-0.25, -0.2) is 8.42 Å². The lowest BCUT2D eigenvalue weighted by atomic mass is 10.1. The fourth-order valence-electron chi connectivity index (χ4n) is 5.32. The highest BCUT2D eigenvalue weighted by atomic mass is 32.2. The molecule has 1 aliphatic carbocycles. The zero-order chi connectivity index (χ0) is 29.7. The van der Waals surface area contributed by atoms with Crippen molar-refractivity contribution in [3.63, 3.8) is 0 Å². The second-order valence-electron chi connectivity index (χ2n) is 11.3. The third-order valence-corrected chi connectivity index (χ3v) is 9.60. The van der Waals surface area contributed by atoms with Crippen LogP contribution in [0.5, 0.6) is 0 Å². The van der Waals surface area contributed by atoms with Crippen LogP contribution in [0.3, 0.4) is 0 Å². The van der Waals surface area contributed by atoms with Crippen LogP contribution in [-0.2, 0) is 26.2 Å². The molecule has 0 heterocycles. The number of hydrogen-bond acceptors (Lipinski definition) is 4. The third-order valence-electron chi connectivity index (χ3n) is 7.83. The normalized spacial score (nSPS) is 14.5. The molecule has 3 aromatic rings. The number of rotatable bonds is 10. The van der Waals surface area contributed by atoms with Crippen molar-refractivity contribution in [2.24, 2.45) is 0 Å². The first-order valence-electron chi connectivity index (χ1n) is 14.3. The molecule has 8 heteroatoms. The van der Waals surface area contributed by atoms with E-state index in [-0.39, 0.29) is 23.4 Å². The molecular formula is C33H41N3O4S. The molecule has 0 aliphatic heterocycles. The Morgan fingerprint density at radius 3 is 2.17 bits per heavy atom.